The first-order valence-electron chi connectivity index (χ1n) is 5.96. The zero-order valence-corrected chi connectivity index (χ0v) is 9.82. The van der Waals surface area contributed by atoms with Crippen molar-refractivity contribution in [3.05, 3.63) is 0 Å². The molecule has 0 aromatic carbocycles. The summed E-state index contributed by atoms with van der Waals surface area (Å²) in [5.74, 6) is -0.128. The van der Waals surface area contributed by atoms with E-state index in [1.807, 2.05) is 0 Å². The maximum atomic E-state index is 11.5. The molecule has 2 aliphatic heterocycles. The van der Waals surface area contributed by atoms with E-state index in [-0.39, 0.29) is 18.6 Å². The molecule has 17 heavy (non-hydrogen) atoms. The Kier molecular flexibility index (Phi) is 3.67. The number of hydrogen-bond acceptors (Lipinski definition) is 5. The monoisotopic (exact) mass is 245 g/mol. The Labute approximate surface area is 99.8 Å². The zero-order chi connectivity index (χ0) is 12.6. The lowest BCUT2D eigenvalue weighted by atomic mass is 9.86. The number of aliphatic hydroxyl groups excluding tert-OH is 3. The minimum absolute atomic E-state index is 0.128. The van der Waals surface area contributed by atoms with Crippen LogP contribution < -0.4 is 0 Å². The van der Waals surface area contributed by atoms with E-state index in [1.54, 1.807) is 4.90 Å². The van der Waals surface area contributed by atoms with Crippen LogP contribution in [0.15, 0.2) is 0 Å². The molecule has 6 nitrogen and oxygen atoms in total. The van der Waals surface area contributed by atoms with Gasteiger partial charge in [0.2, 0.25) is 5.91 Å². The van der Waals surface area contributed by atoms with Crippen molar-refractivity contribution in [3.8, 4) is 0 Å². The summed E-state index contributed by atoms with van der Waals surface area (Å²) in [5.41, 5.74) is 0. The van der Waals surface area contributed by atoms with E-state index >= 15 is 0 Å². The lowest BCUT2D eigenvalue weighted by molar-refractivity contribution is -0.223. The molecule has 0 aromatic rings. The second-order valence-electron chi connectivity index (χ2n) is 4.72. The van der Waals surface area contributed by atoms with E-state index in [1.165, 1.54) is 6.92 Å². The maximum absolute atomic E-state index is 11.5. The van der Waals surface area contributed by atoms with Gasteiger partial charge in [-0.05, 0) is 12.8 Å². The Morgan fingerprint density at radius 2 is 2.12 bits per heavy atom. The maximum Gasteiger partial charge on any atom is 0.219 e. The average molecular weight is 245 g/mol. The summed E-state index contributed by atoms with van der Waals surface area (Å²) in [6, 6.07) is -0.501. The molecule has 0 aromatic heterocycles. The molecule has 5 atom stereocenters. The Morgan fingerprint density at radius 1 is 1.41 bits per heavy atom. The molecule has 0 aliphatic carbocycles. The molecule has 0 saturated carbocycles. The van der Waals surface area contributed by atoms with E-state index in [2.05, 4.69) is 0 Å². The van der Waals surface area contributed by atoms with Gasteiger partial charge < -0.3 is 25.0 Å². The first kappa shape index (κ1) is 12.8. The highest BCUT2D eigenvalue weighted by molar-refractivity contribution is 5.74. The van der Waals surface area contributed by atoms with Gasteiger partial charge in [0, 0.05) is 13.5 Å². The highest BCUT2D eigenvalue weighted by Crippen LogP contribution is 2.31. The third-order valence-electron chi connectivity index (χ3n) is 3.64. The van der Waals surface area contributed by atoms with Crippen LogP contribution in [0.3, 0.4) is 0 Å². The number of fused-ring (bicyclic) bond motifs is 1. The fraction of sp³-hybridized carbons (Fsp3) is 0.909. The molecule has 0 spiro atoms. The molecular weight excluding hydrogens is 226 g/mol. The minimum atomic E-state index is -1.15. The first-order valence-corrected chi connectivity index (χ1v) is 5.96. The summed E-state index contributed by atoms with van der Waals surface area (Å²) in [6.07, 6.45) is -1.74. The van der Waals surface area contributed by atoms with Crippen LogP contribution in [0.1, 0.15) is 19.8 Å². The molecular formula is C11H19NO5. The summed E-state index contributed by atoms with van der Waals surface area (Å²) in [6.45, 7) is 1.69. The van der Waals surface area contributed by atoms with Gasteiger partial charge in [-0.3, -0.25) is 4.79 Å². The number of ether oxygens (including phenoxy) is 1. The second-order valence-corrected chi connectivity index (χ2v) is 4.72. The van der Waals surface area contributed by atoms with E-state index in [9.17, 15) is 15.0 Å². The quantitative estimate of drug-likeness (QED) is 0.522. The molecule has 2 rings (SSSR count). The van der Waals surface area contributed by atoms with Crippen LogP contribution in [-0.4, -0.2) is 69.7 Å². The Morgan fingerprint density at radius 3 is 2.71 bits per heavy atom. The second kappa shape index (κ2) is 4.89. The van der Waals surface area contributed by atoms with Gasteiger partial charge in [-0.15, -0.1) is 0 Å². The highest BCUT2D eigenvalue weighted by atomic mass is 16.5. The first-order chi connectivity index (χ1) is 8.06. The number of carbonyl (C=O) groups excluding carboxylic acids is 1. The average Bonchev–Trinajstić information content (AvgIpc) is 2.32. The third kappa shape index (κ3) is 2.18. The number of nitrogens with zero attached hydrogens (tertiary/aromatic N) is 1. The Balaban J connectivity index is 2.19. The lowest BCUT2D eigenvalue weighted by Crippen LogP contribution is -2.66. The summed E-state index contributed by atoms with van der Waals surface area (Å²) in [4.78, 5) is 13.0. The van der Waals surface area contributed by atoms with Crippen molar-refractivity contribution in [1.82, 2.24) is 4.90 Å². The standard InChI is InChI=1S/C11H19NO5/c1-6(14)12-4-2-3-7-9(12)11(16)10(15)8(5-13)17-7/h7-11,13,15-16H,2-5H2,1H3/t7-,8+,9+,10-,11+/m0/s1. The summed E-state index contributed by atoms with van der Waals surface area (Å²) >= 11 is 0. The van der Waals surface area contributed by atoms with Crippen molar-refractivity contribution >= 4 is 5.91 Å². The Hall–Kier alpha value is -0.690. The van der Waals surface area contributed by atoms with Crippen molar-refractivity contribution < 1.29 is 24.9 Å². The van der Waals surface area contributed by atoms with Gasteiger partial charge in [0.05, 0.1) is 18.8 Å². The van der Waals surface area contributed by atoms with Gasteiger partial charge in [0.15, 0.2) is 0 Å². The molecule has 3 N–H and O–H groups in total. The molecule has 0 unspecified atom stereocenters. The van der Waals surface area contributed by atoms with E-state index in [0.717, 1.165) is 12.8 Å². The third-order valence-corrected chi connectivity index (χ3v) is 3.64. The Bertz CT molecular complexity index is 296. The summed E-state index contributed by atoms with van der Waals surface area (Å²) < 4.78 is 5.55. The normalized spacial score (nSPS) is 42.1. The SMILES string of the molecule is CC(=O)N1CCC[C@@H]2O[C@H](CO)[C@H](O)[C@H](O)[C@@H]21. The smallest absolute Gasteiger partial charge is 0.219 e. The fourth-order valence-corrected chi connectivity index (χ4v) is 2.78. The van der Waals surface area contributed by atoms with Crippen molar-refractivity contribution in [1.29, 1.82) is 0 Å². The number of piperidine rings is 1. The van der Waals surface area contributed by atoms with Crippen LogP contribution in [-0.2, 0) is 9.53 Å². The molecule has 1 amide bonds. The molecule has 2 aliphatic rings. The van der Waals surface area contributed by atoms with E-state index in [4.69, 9.17) is 9.84 Å². The van der Waals surface area contributed by atoms with Gasteiger partial charge in [0.1, 0.15) is 18.3 Å². The van der Waals surface area contributed by atoms with Crippen molar-refractivity contribution in [3.63, 3.8) is 0 Å². The number of carbonyl (C=O) groups is 1. The molecule has 6 heteroatoms. The fourth-order valence-electron chi connectivity index (χ4n) is 2.78. The van der Waals surface area contributed by atoms with E-state index in [0.29, 0.717) is 6.54 Å². The van der Waals surface area contributed by atoms with Crippen molar-refractivity contribution in [2.24, 2.45) is 0 Å². The van der Waals surface area contributed by atoms with Gasteiger partial charge in [-0.2, -0.15) is 0 Å². The molecule has 0 radical (unpaired) electrons. The van der Waals surface area contributed by atoms with Gasteiger partial charge in [-0.1, -0.05) is 0 Å². The largest absolute Gasteiger partial charge is 0.394 e. The van der Waals surface area contributed by atoms with Crippen LogP contribution in [0, 0.1) is 0 Å². The number of hydrogen-bond donors (Lipinski definition) is 3. The van der Waals surface area contributed by atoms with Crippen molar-refractivity contribution in [2.75, 3.05) is 13.2 Å². The minimum Gasteiger partial charge on any atom is -0.394 e. The zero-order valence-electron chi connectivity index (χ0n) is 9.82. The topological polar surface area (TPSA) is 90.2 Å². The number of aliphatic hydroxyl groups is 3. The molecule has 2 heterocycles. The number of rotatable bonds is 1. The van der Waals surface area contributed by atoms with Crippen LogP contribution >= 0.6 is 0 Å². The predicted molar refractivity (Wildman–Crippen MR) is 58.2 cm³/mol. The highest BCUT2D eigenvalue weighted by Gasteiger charge is 2.48. The van der Waals surface area contributed by atoms with Gasteiger partial charge >= 0.3 is 0 Å². The van der Waals surface area contributed by atoms with Crippen LogP contribution in [0.4, 0.5) is 0 Å². The summed E-state index contributed by atoms with van der Waals surface area (Å²) in [5, 5.41) is 28.9. The molecule has 2 fully saturated rings. The number of amides is 1. The number of likely N-dealkylation sites (tertiary alicyclic amines) is 1. The van der Waals surface area contributed by atoms with E-state index < -0.39 is 24.4 Å². The van der Waals surface area contributed by atoms with Crippen LogP contribution in [0.5, 0.6) is 0 Å². The van der Waals surface area contributed by atoms with Crippen molar-refractivity contribution in [2.45, 2.75) is 50.2 Å². The molecule has 0 bridgehead atoms. The lowest BCUT2D eigenvalue weighted by Gasteiger charge is -2.49. The van der Waals surface area contributed by atoms with Crippen LogP contribution in [0.2, 0.25) is 0 Å². The van der Waals surface area contributed by atoms with Crippen LogP contribution in [0.25, 0.3) is 0 Å². The summed E-state index contributed by atoms with van der Waals surface area (Å²) in [7, 11) is 0. The molecule has 98 valence electrons. The predicted octanol–water partition coefficient (Wildman–Crippen LogP) is -1.52. The van der Waals surface area contributed by atoms with Gasteiger partial charge in [0.25, 0.3) is 0 Å². The van der Waals surface area contributed by atoms with Gasteiger partial charge in [-0.25, -0.2) is 0 Å². The molecule has 2 saturated heterocycles.